The number of benzene rings is 2. The molecule has 18 heavy (non-hydrogen) atoms. The van der Waals surface area contributed by atoms with E-state index >= 15 is 0 Å². The standard InChI is InChI=1S/C18H20/c1-3-4-9-16-10-8-13-18(14-16)15(2)17-11-6-5-7-12-17/h5-8,10-14H,2-4,9H2,1H3. The van der Waals surface area contributed by atoms with Crippen LogP contribution in [0.3, 0.4) is 0 Å². The molecule has 0 unspecified atom stereocenters. The van der Waals surface area contributed by atoms with Crippen molar-refractivity contribution in [1.82, 2.24) is 0 Å². The van der Waals surface area contributed by atoms with Crippen molar-refractivity contribution < 1.29 is 0 Å². The van der Waals surface area contributed by atoms with E-state index in [-0.39, 0.29) is 0 Å². The zero-order chi connectivity index (χ0) is 12.8. The van der Waals surface area contributed by atoms with Gasteiger partial charge < -0.3 is 0 Å². The molecule has 2 aromatic rings. The number of rotatable bonds is 5. The Balaban J connectivity index is 2.20. The monoisotopic (exact) mass is 236 g/mol. The maximum atomic E-state index is 4.22. The molecule has 0 atom stereocenters. The Bertz CT molecular complexity index is 509. The molecule has 0 aliphatic heterocycles. The summed E-state index contributed by atoms with van der Waals surface area (Å²) in [7, 11) is 0. The van der Waals surface area contributed by atoms with Crippen LogP contribution in [-0.4, -0.2) is 0 Å². The molecule has 2 aromatic carbocycles. The van der Waals surface area contributed by atoms with Gasteiger partial charge in [-0.25, -0.2) is 0 Å². The Morgan fingerprint density at radius 1 is 0.944 bits per heavy atom. The second kappa shape index (κ2) is 6.20. The molecular formula is C18H20. The highest BCUT2D eigenvalue weighted by atomic mass is 14.1. The molecular weight excluding hydrogens is 216 g/mol. The topological polar surface area (TPSA) is 0 Å². The molecule has 92 valence electrons. The maximum Gasteiger partial charge on any atom is -0.0181 e. The number of unbranched alkanes of at least 4 members (excludes halogenated alkanes) is 1. The van der Waals surface area contributed by atoms with E-state index in [1.54, 1.807) is 0 Å². The Kier molecular flexibility index (Phi) is 4.35. The van der Waals surface area contributed by atoms with E-state index in [9.17, 15) is 0 Å². The first-order valence-corrected chi connectivity index (χ1v) is 6.65. The molecule has 0 heterocycles. The van der Waals surface area contributed by atoms with Crippen molar-refractivity contribution >= 4 is 5.57 Å². The van der Waals surface area contributed by atoms with Crippen molar-refractivity contribution in [2.45, 2.75) is 26.2 Å². The predicted molar refractivity (Wildman–Crippen MR) is 79.6 cm³/mol. The van der Waals surface area contributed by atoms with Crippen molar-refractivity contribution in [2.24, 2.45) is 0 Å². The fourth-order valence-corrected chi connectivity index (χ4v) is 2.10. The maximum absolute atomic E-state index is 4.22. The summed E-state index contributed by atoms with van der Waals surface area (Å²) in [4.78, 5) is 0. The van der Waals surface area contributed by atoms with Gasteiger partial charge in [-0.05, 0) is 35.1 Å². The lowest BCUT2D eigenvalue weighted by atomic mass is 9.97. The van der Waals surface area contributed by atoms with Crippen LogP contribution in [0.15, 0.2) is 61.2 Å². The summed E-state index contributed by atoms with van der Waals surface area (Å²) in [6, 6.07) is 19.1. The molecule has 0 aromatic heterocycles. The number of hydrogen-bond donors (Lipinski definition) is 0. The molecule has 0 nitrogen and oxygen atoms in total. The lowest BCUT2D eigenvalue weighted by Gasteiger charge is -2.08. The van der Waals surface area contributed by atoms with E-state index in [1.165, 1.54) is 29.5 Å². The molecule has 0 saturated carbocycles. The Morgan fingerprint density at radius 3 is 2.39 bits per heavy atom. The summed E-state index contributed by atoms with van der Waals surface area (Å²) in [5.74, 6) is 0. The summed E-state index contributed by atoms with van der Waals surface area (Å²) in [5, 5.41) is 0. The molecule has 0 heteroatoms. The lowest BCUT2D eigenvalue weighted by Crippen LogP contribution is -1.89. The zero-order valence-electron chi connectivity index (χ0n) is 11.0. The first kappa shape index (κ1) is 12.6. The van der Waals surface area contributed by atoms with Gasteiger partial charge in [0.15, 0.2) is 0 Å². The molecule has 0 N–H and O–H groups in total. The summed E-state index contributed by atoms with van der Waals surface area (Å²) in [5.41, 5.74) is 4.94. The van der Waals surface area contributed by atoms with Crippen LogP contribution in [0.1, 0.15) is 36.5 Å². The van der Waals surface area contributed by atoms with E-state index < -0.39 is 0 Å². The molecule has 0 bridgehead atoms. The van der Waals surface area contributed by atoms with Gasteiger partial charge in [0, 0.05) is 0 Å². The van der Waals surface area contributed by atoms with Crippen LogP contribution >= 0.6 is 0 Å². The second-order valence-corrected chi connectivity index (χ2v) is 4.65. The first-order valence-electron chi connectivity index (χ1n) is 6.65. The Morgan fingerprint density at radius 2 is 1.67 bits per heavy atom. The molecule has 0 aliphatic carbocycles. The Hall–Kier alpha value is -1.82. The van der Waals surface area contributed by atoms with Crippen molar-refractivity contribution in [3.63, 3.8) is 0 Å². The van der Waals surface area contributed by atoms with Crippen molar-refractivity contribution in [3.05, 3.63) is 77.9 Å². The molecule has 0 radical (unpaired) electrons. The molecule has 0 fully saturated rings. The van der Waals surface area contributed by atoms with E-state index in [1.807, 2.05) is 6.07 Å². The highest BCUT2D eigenvalue weighted by Crippen LogP contribution is 2.22. The normalized spacial score (nSPS) is 10.3. The minimum Gasteiger partial charge on any atom is -0.0906 e. The zero-order valence-corrected chi connectivity index (χ0v) is 11.0. The first-order chi connectivity index (χ1) is 8.81. The van der Waals surface area contributed by atoms with E-state index in [0.717, 1.165) is 12.0 Å². The van der Waals surface area contributed by atoms with Crippen LogP contribution < -0.4 is 0 Å². The lowest BCUT2D eigenvalue weighted by molar-refractivity contribution is 0.795. The van der Waals surface area contributed by atoms with Crippen LogP contribution in [0.4, 0.5) is 0 Å². The average Bonchev–Trinajstić information content (AvgIpc) is 2.45. The fourth-order valence-electron chi connectivity index (χ4n) is 2.10. The minimum absolute atomic E-state index is 1.11. The minimum atomic E-state index is 1.11. The molecule has 0 spiro atoms. The van der Waals surface area contributed by atoms with Gasteiger partial charge in [-0.3, -0.25) is 0 Å². The number of hydrogen-bond acceptors (Lipinski definition) is 0. The number of aryl methyl sites for hydroxylation is 1. The molecule has 2 rings (SSSR count). The molecule has 0 aliphatic rings. The SMILES string of the molecule is C=C(c1ccccc1)c1cccc(CCCC)c1. The van der Waals surface area contributed by atoms with Gasteiger partial charge in [0.1, 0.15) is 0 Å². The summed E-state index contributed by atoms with van der Waals surface area (Å²) in [6.07, 6.45) is 3.65. The Labute approximate surface area is 110 Å². The van der Waals surface area contributed by atoms with E-state index in [0.29, 0.717) is 0 Å². The third kappa shape index (κ3) is 3.10. The third-order valence-electron chi connectivity index (χ3n) is 3.22. The summed E-state index contributed by atoms with van der Waals surface area (Å²) < 4.78 is 0. The second-order valence-electron chi connectivity index (χ2n) is 4.65. The van der Waals surface area contributed by atoms with Gasteiger partial charge >= 0.3 is 0 Å². The quantitative estimate of drug-likeness (QED) is 0.678. The smallest absolute Gasteiger partial charge is 0.0181 e. The van der Waals surface area contributed by atoms with Crippen LogP contribution in [-0.2, 0) is 6.42 Å². The largest absolute Gasteiger partial charge is 0.0906 e. The highest BCUT2D eigenvalue weighted by molar-refractivity contribution is 5.78. The van der Waals surface area contributed by atoms with Crippen LogP contribution in [0.25, 0.3) is 5.57 Å². The van der Waals surface area contributed by atoms with Crippen LogP contribution in [0, 0.1) is 0 Å². The van der Waals surface area contributed by atoms with Gasteiger partial charge in [-0.1, -0.05) is 74.5 Å². The van der Waals surface area contributed by atoms with Gasteiger partial charge in [0.05, 0.1) is 0 Å². The summed E-state index contributed by atoms with van der Waals surface area (Å²) >= 11 is 0. The third-order valence-corrected chi connectivity index (χ3v) is 3.22. The predicted octanol–water partition coefficient (Wildman–Crippen LogP) is 5.09. The van der Waals surface area contributed by atoms with E-state index in [2.05, 4.69) is 62.0 Å². The van der Waals surface area contributed by atoms with Gasteiger partial charge in [-0.2, -0.15) is 0 Å². The molecule has 0 amide bonds. The highest BCUT2D eigenvalue weighted by Gasteiger charge is 2.02. The van der Waals surface area contributed by atoms with Crippen LogP contribution in [0.2, 0.25) is 0 Å². The summed E-state index contributed by atoms with van der Waals surface area (Å²) in [6.45, 7) is 6.45. The molecule has 0 saturated heterocycles. The van der Waals surface area contributed by atoms with Gasteiger partial charge in [0.2, 0.25) is 0 Å². The van der Waals surface area contributed by atoms with Gasteiger partial charge in [-0.15, -0.1) is 0 Å². The fraction of sp³-hybridized carbons (Fsp3) is 0.222. The van der Waals surface area contributed by atoms with Crippen molar-refractivity contribution in [2.75, 3.05) is 0 Å². The average molecular weight is 236 g/mol. The van der Waals surface area contributed by atoms with E-state index in [4.69, 9.17) is 0 Å². The van der Waals surface area contributed by atoms with Gasteiger partial charge in [0.25, 0.3) is 0 Å². The van der Waals surface area contributed by atoms with Crippen molar-refractivity contribution in [3.8, 4) is 0 Å². The van der Waals surface area contributed by atoms with Crippen molar-refractivity contribution in [1.29, 1.82) is 0 Å². The van der Waals surface area contributed by atoms with Crippen LogP contribution in [0.5, 0.6) is 0 Å².